The van der Waals surface area contributed by atoms with Crippen molar-refractivity contribution in [1.29, 1.82) is 0 Å². The lowest BCUT2D eigenvalue weighted by atomic mass is 10.2. The van der Waals surface area contributed by atoms with Crippen LogP contribution in [0.2, 0.25) is 0 Å². The van der Waals surface area contributed by atoms with Crippen LogP contribution in [-0.4, -0.2) is 63.0 Å². The summed E-state index contributed by atoms with van der Waals surface area (Å²) in [6, 6.07) is 16.8. The van der Waals surface area contributed by atoms with Gasteiger partial charge < -0.3 is 16.0 Å². The molecule has 54 heavy (non-hydrogen) atoms. The molecule has 3 aromatic rings. The molecule has 0 saturated heterocycles. The number of unbranched alkanes of at least 4 members (excludes halogenated alkanes) is 3. The average Bonchev–Trinajstić information content (AvgIpc) is 3.09. The summed E-state index contributed by atoms with van der Waals surface area (Å²) in [5.74, 6) is 0. The number of sulfonamides is 3. The van der Waals surface area contributed by atoms with E-state index in [1.54, 1.807) is 36.4 Å². The van der Waals surface area contributed by atoms with Crippen molar-refractivity contribution in [3.05, 3.63) is 89.5 Å². The summed E-state index contributed by atoms with van der Waals surface area (Å²) < 4.78 is 76.8. The first kappa shape index (κ1) is 47.3. The van der Waals surface area contributed by atoms with Crippen molar-refractivity contribution in [3.63, 3.8) is 0 Å². The number of amides is 6. The third-order valence-electron chi connectivity index (χ3n) is 7.12. The number of hydrogen-bond donors (Lipinski definition) is 6. The largest absolute Gasteiger partial charge is 0.337 e. The average molecular weight is 811 g/mol. The van der Waals surface area contributed by atoms with Crippen molar-refractivity contribution in [2.45, 2.75) is 94.8 Å². The van der Waals surface area contributed by atoms with Gasteiger partial charge in [-0.25, -0.2) is 53.8 Å². The third-order valence-corrected chi connectivity index (χ3v) is 11.2. The molecule has 0 aromatic heterocycles. The highest BCUT2D eigenvalue weighted by molar-refractivity contribution is 7.90. The molecular formula is C36H54N6O9S3. The van der Waals surface area contributed by atoms with E-state index in [2.05, 4.69) is 16.0 Å². The van der Waals surface area contributed by atoms with Crippen molar-refractivity contribution in [3.8, 4) is 0 Å². The molecule has 15 nitrogen and oxygen atoms in total. The molecule has 0 heterocycles. The molecule has 0 aliphatic heterocycles. The number of aryl methyl sites for hydroxylation is 3. The van der Waals surface area contributed by atoms with Gasteiger partial charge in [-0.3, -0.25) is 0 Å². The van der Waals surface area contributed by atoms with Crippen LogP contribution < -0.4 is 30.1 Å². The second-order valence-electron chi connectivity index (χ2n) is 12.1. The highest BCUT2D eigenvalue weighted by atomic mass is 32.2. The maximum atomic E-state index is 11.8. The quantitative estimate of drug-likeness (QED) is 0.109. The molecule has 0 aliphatic carbocycles. The first-order valence-corrected chi connectivity index (χ1v) is 21.9. The summed E-state index contributed by atoms with van der Waals surface area (Å²) in [4.78, 5) is 34.4. The zero-order valence-corrected chi connectivity index (χ0v) is 34.1. The molecule has 6 N–H and O–H groups in total. The number of nitrogens with one attached hydrogen (secondary N) is 6. The fraction of sp³-hybridized carbons (Fsp3) is 0.417. The van der Waals surface area contributed by atoms with Gasteiger partial charge >= 0.3 is 18.1 Å². The highest BCUT2D eigenvalue weighted by Crippen LogP contribution is 2.11. The van der Waals surface area contributed by atoms with Crippen LogP contribution in [0.3, 0.4) is 0 Å². The Balaban J connectivity index is 0.000000405. The minimum Gasteiger partial charge on any atom is -0.337 e. The minimum atomic E-state index is -3.78. The lowest BCUT2D eigenvalue weighted by Gasteiger charge is -2.08. The van der Waals surface area contributed by atoms with Crippen molar-refractivity contribution in [2.75, 3.05) is 19.6 Å². The molecule has 0 aliphatic rings. The van der Waals surface area contributed by atoms with Crippen molar-refractivity contribution >= 4 is 48.2 Å². The molecule has 0 spiro atoms. The zero-order valence-electron chi connectivity index (χ0n) is 31.7. The summed E-state index contributed by atoms with van der Waals surface area (Å²) in [5, 5.41) is 7.47. The topological polar surface area (TPSA) is 226 Å². The van der Waals surface area contributed by atoms with E-state index in [1.807, 2.05) is 55.7 Å². The van der Waals surface area contributed by atoms with Crippen LogP contribution >= 0.6 is 0 Å². The normalized spacial score (nSPS) is 11.0. The van der Waals surface area contributed by atoms with Crippen LogP contribution in [0.25, 0.3) is 0 Å². The molecule has 0 radical (unpaired) electrons. The standard InChI is InChI=1S/3C12H18N2O3S/c3*1-3-4-9-13-12(15)14-18(16,17)11-7-5-10(2)6-8-11/h3*5-8H,3-4,9H2,1-2H3,(H2,13,14,15). The van der Waals surface area contributed by atoms with E-state index in [0.717, 1.165) is 55.2 Å². The number of urea groups is 3. The Morgan fingerprint density at radius 3 is 0.796 bits per heavy atom. The summed E-state index contributed by atoms with van der Waals surface area (Å²) in [6.07, 6.45) is 5.26. The van der Waals surface area contributed by atoms with Crippen molar-refractivity contribution in [1.82, 2.24) is 30.1 Å². The Labute approximate surface area is 320 Å². The van der Waals surface area contributed by atoms with Gasteiger partial charge in [0.1, 0.15) is 0 Å². The molecule has 0 atom stereocenters. The minimum absolute atomic E-state index is 0.0822. The van der Waals surface area contributed by atoms with Crippen LogP contribution in [0, 0.1) is 20.8 Å². The monoisotopic (exact) mass is 810 g/mol. The number of rotatable bonds is 15. The van der Waals surface area contributed by atoms with Gasteiger partial charge in [-0.05, 0) is 76.4 Å². The van der Waals surface area contributed by atoms with E-state index < -0.39 is 48.2 Å². The molecule has 6 amide bonds. The first-order valence-electron chi connectivity index (χ1n) is 17.5. The maximum absolute atomic E-state index is 11.8. The second kappa shape index (κ2) is 23.9. The highest BCUT2D eigenvalue weighted by Gasteiger charge is 2.18. The van der Waals surface area contributed by atoms with Crippen LogP contribution in [0.5, 0.6) is 0 Å². The van der Waals surface area contributed by atoms with Gasteiger partial charge in [-0.15, -0.1) is 0 Å². The van der Waals surface area contributed by atoms with Crippen molar-refractivity contribution in [2.24, 2.45) is 0 Å². The maximum Gasteiger partial charge on any atom is 0.328 e. The van der Waals surface area contributed by atoms with Gasteiger partial charge in [0.15, 0.2) is 0 Å². The van der Waals surface area contributed by atoms with Gasteiger partial charge in [0.05, 0.1) is 14.7 Å². The predicted octanol–water partition coefficient (Wildman–Crippen LogP) is 5.35. The van der Waals surface area contributed by atoms with E-state index in [1.165, 1.54) is 36.4 Å². The molecular weight excluding hydrogens is 757 g/mol. The fourth-order valence-electron chi connectivity index (χ4n) is 3.94. The van der Waals surface area contributed by atoms with Crippen LogP contribution in [-0.2, 0) is 30.1 Å². The van der Waals surface area contributed by atoms with Crippen LogP contribution in [0.4, 0.5) is 14.4 Å². The molecule has 3 aromatic carbocycles. The van der Waals surface area contributed by atoms with Gasteiger partial charge in [0, 0.05) is 19.6 Å². The molecule has 0 saturated carbocycles. The summed E-state index contributed by atoms with van der Waals surface area (Å²) in [5.41, 5.74) is 2.88. The van der Waals surface area contributed by atoms with Gasteiger partial charge in [-0.1, -0.05) is 93.1 Å². The van der Waals surface area contributed by atoms with E-state index in [9.17, 15) is 39.6 Å². The van der Waals surface area contributed by atoms with Crippen molar-refractivity contribution < 1.29 is 39.6 Å². The number of hydrogen-bond acceptors (Lipinski definition) is 9. The molecule has 3 rings (SSSR count). The lowest BCUT2D eigenvalue weighted by molar-refractivity contribution is 0.244. The van der Waals surface area contributed by atoms with Gasteiger partial charge in [-0.2, -0.15) is 0 Å². The van der Waals surface area contributed by atoms with Gasteiger partial charge in [0.2, 0.25) is 0 Å². The smallest absolute Gasteiger partial charge is 0.328 e. The lowest BCUT2D eigenvalue weighted by Crippen LogP contribution is -2.39. The number of benzene rings is 3. The summed E-state index contributed by atoms with van der Waals surface area (Å²) in [7, 11) is -11.3. The molecule has 300 valence electrons. The third kappa shape index (κ3) is 18.9. The Bertz CT molecular complexity index is 1710. The predicted molar refractivity (Wildman–Crippen MR) is 209 cm³/mol. The second-order valence-corrected chi connectivity index (χ2v) is 17.1. The van der Waals surface area contributed by atoms with Crippen LogP contribution in [0.1, 0.15) is 76.0 Å². The molecule has 0 bridgehead atoms. The summed E-state index contributed by atoms with van der Waals surface area (Å²) in [6.45, 7) is 12.9. The van der Waals surface area contributed by atoms with Crippen LogP contribution in [0.15, 0.2) is 87.5 Å². The van der Waals surface area contributed by atoms with Gasteiger partial charge in [0.25, 0.3) is 30.1 Å². The van der Waals surface area contributed by atoms with E-state index in [-0.39, 0.29) is 14.7 Å². The number of carbonyl (C=O) groups is 3. The summed E-state index contributed by atoms with van der Waals surface area (Å²) >= 11 is 0. The van der Waals surface area contributed by atoms with E-state index in [4.69, 9.17) is 0 Å². The Kier molecular flexibility index (Phi) is 20.9. The first-order chi connectivity index (χ1) is 25.4. The Hall–Kier alpha value is -4.68. The number of carbonyl (C=O) groups excluding carboxylic acids is 3. The Morgan fingerprint density at radius 2 is 0.611 bits per heavy atom. The molecule has 0 unspecified atom stereocenters. The zero-order chi connectivity index (χ0) is 40.8. The van der Waals surface area contributed by atoms with E-state index >= 15 is 0 Å². The molecule has 0 fully saturated rings. The Morgan fingerprint density at radius 1 is 0.407 bits per heavy atom. The fourth-order valence-corrected chi connectivity index (χ4v) is 6.72. The molecule has 18 heteroatoms. The van der Waals surface area contributed by atoms with E-state index in [0.29, 0.717) is 19.6 Å². The SMILES string of the molecule is CCCCNC(=O)NS(=O)(=O)c1ccc(C)cc1.CCCCNC(=O)NS(=O)(=O)c1ccc(C)cc1.CCCCNC(=O)NS(=O)(=O)c1ccc(C)cc1.